The largest absolute Gasteiger partial charge is 0.296 e. The zero-order chi connectivity index (χ0) is 10.3. The fraction of sp³-hybridized carbons (Fsp3) is 0.300. The molecule has 0 N–H and O–H groups in total. The highest BCUT2D eigenvalue weighted by Gasteiger charge is 2.11. The lowest BCUT2D eigenvalue weighted by atomic mass is 10.1. The summed E-state index contributed by atoms with van der Waals surface area (Å²) in [5, 5.41) is 4.95. The van der Waals surface area contributed by atoms with Crippen molar-refractivity contribution in [1.82, 2.24) is 14.8 Å². The summed E-state index contributed by atoms with van der Waals surface area (Å²) in [5.41, 5.74) is 3.22. The molecule has 0 saturated heterocycles. The van der Waals surface area contributed by atoms with Crippen molar-refractivity contribution in [2.45, 2.75) is 13.8 Å². The zero-order valence-corrected chi connectivity index (χ0v) is 8.40. The van der Waals surface area contributed by atoms with Gasteiger partial charge in [0.15, 0.2) is 11.9 Å². The van der Waals surface area contributed by atoms with E-state index in [1.54, 1.807) is 11.7 Å². The first-order chi connectivity index (χ1) is 6.63. The number of carbonyl (C=O) groups excluding carboxylic acids is 1. The van der Waals surface area contributed by atoms with Gasteiger partial charge >= 0.3 is 0 Å². The van der Waals surface area contributed by atoms with Gasteiger partial charge in [0.25, 0.3) is 0 Å². The summed E-state index contributed by atoms with van der Waals surface area (Å²) in [6, 6.07) is 1.96. The summed E-state index contributed by atoms with van der Waals surface area (Å²) < 4.78 is 1.64. The Bertz CT molecular complexity index is 514. The fourth-order valence-corrected chi connectivity index (χ4v) is 1.71. The van der Waals surface area contributed by atoms with Crippen LogP contribution in [0.5, 0.6) is 0 Å². The average molecular weight is 189 g/mol. The minimum Gasteiger partial charge on any atom is -0.296 e. The van der Waals surface area contributed by atoms with Crippen LogP contribution in [0.3, 0.4) is 0 Å². The molecule has 0 spiro atoms. The second-order valence-corrected chi connectivity index (χ2v) is 3.41. The van der Waals surface area contributed by atoms with Crippen LogP contribution in [0.2, 0.25) is 0 Å². The summed E-state index contributed by atoms with van der Waals surface area (Å²) in [7, 11) is 1.79. The van der Waals surface area contributed by atoms with E-state index in [1.165, 1.54) is 0 Å². The fourth-order valence-electron chi connectivity index (χ4n) is 1.71. The number of aromatic nitrogens is 3. The quantitative estimate of drug-likeness (QED) is 0.637. The van der Waals surface area contributed by atoms with Gasteiger partial charge in [0.1, 0.15) is 5.69 Å². The first kappa shape index (κ1) is 8.87. The molecule has 14 heavy (non-hydrogen) atoms. The monoisotopic (exact) mass is 189 g/mol. The second-order valence-electron chi connectivity index (χ2n) is 3.41. The second kappa shape index (κ2) is 2.90. The Morgan fingerprint density at radius 2 is 2.14 bits per heavy atom. The number of aldehydes is 1. The lowest BCUT2D eigenvalue weighted by Gasteiger charge is -1.98. The van der Waals surface area contributed by atoms with Crippen molar-refractivity contribution in [3.05, 3.63) is 23.0 Å². The lowest BCUT2D eigenvalue weighted by molar-refractivity contribution is 0.111. The van der Waals surface area contributed by atoms with Gasteiger partial charge in [-0.15, -0.1) is 0 Å². The number of carbonyl (C=O) groups is 1. The molecule has 0 radical (unpaired) electrons. The third-order valence-corrected chi connectivity index (χ3v) is 2.26. The summed E-state index contributed by atoms with van der Waals surface area (Å²) >= 11 is 0. The normalized spacial score (nSPS) is 10.8. The van der Waals surface area contributed by atoms with Crippen LogP contribution in [0.15, 0.2) is 6.07 Å². The molecule has 2 heterocycles. The lowest BCUT2D eigenvalue weighted by Crippen LogP contribution is -1.93. The maximum atomic E-state index is 10.8. The van der Waals surface area contributed by atoms with Crippen LogP contribution in [0.4, 0.5) is 0 Å². The Morgan fingerprint density at radius 3 is 2.79 bits per heavy atom. The first-order valence-corrected chi connectivity index (χ1v) is 4.39. The van der Waals surface area contributed by atoms with Gasteiger partial charge in [-0.2, -0.15) is 5.10 Å². The van der Waals surface area contributed by atoms with Gasteiger partial charge in [-0.25, -0.2) is 9.67 Å². The van der Waals surface area contributed by atoms with Gasteiger partial charge in [-0.3, -0.25) is 4.79 Å². The maximum absolute atomic E-state index is 10.8. The van der Waals surface area contributed by atoms with Gasteiger partial charge in [0.05, 0.1) is 5.39 Å². The molecule has 0 unspecified atom stereocenters. The maximum Gasteiger partial charge on any atom is 0.171 e. The Kier molecular flexibility index (Phi) is 1.84. The molecular formula is C10H11N3O. The van der Waals surface area contributed by atoms with Crippen LogP contribution in [0.1, 0.15) is 21.7 Å². The van der Waals surface area contributed by atoms with Crippen molar-refractivity contribution < 1.29 is 4.79 Å². The molecule has 4 heteroatoms. The molecule has 0 fully saturated rings. The molecule has 0 aliphatic carbocycles. The SMILES string of the molecule is Cc1cc(C)c2c(C=O)nn(C)c2n1. The minimum atomic E-state index is 0.465. The van der Waals surface area contributed by atoms with Crippen molar-refractivity contribution in [1.29, 1.82) is 0 Å². The third-order valence-electron chi connectivity index (χ3n) is 2.26. The Labute approximate surface area is 81.6 Å². The molecule has 0 bridgehead atoms. The molecule has 2 aromatic rings. The number of nitrogens with zero attached hydrogens (tertiary/aromatic N) is 3. The predicted octanol–water partition coefficient (Wildman–Crippen LogP) is 1.40. The molecule has 4 nitrogen and oxygen atoms in total. The molecule has 0 saturated carbocycles. The Morgan fingerprint density at radius 1 is 1.43 bits per heavy atom. The molecule has 72 valence electrons. The molecule has 0 aliphatic heterocycles. The average Bonchev–Trinajstić information content (AvgIpc) is 2.43. The van der Waals surface area contributed by atoms with Gasteiger partial charge in [0, 0.05) is 12.7 Å². The van der Waals surface area contributed by atoms with Crippen molar-refractivity contribution in [3.63, 3.8) is 0 Å². The van der Waals surface area contributed by atoms with E-state index in [0.29, 0.717) is 5.69 Å². The van der Waals surface area contributed by atoms with Gasteiger partial charge in [0.2, 0.25) is 0 Å². The molecule has 2 aromatic heterocycles. The topological polar surface area (TPSA) is 47.8 Å². The molecule has 0 aromatic carbocycles. The van der Waals surface area contributed by atoms with E-state index in [4.69, 9.17) is 0 Å². The van der Waals surface area contributed by atoms with Crippen LogP contribution in [-0.4, -0.2) is 21.1 Å². The third kappa shape index (κ3) is 1.11. The number of pyridine rings is 1. The number of aryl methyl sites for hydroxylation is 3. The van der Waals surface area contributed by atoms with Crippen LogP contribution in [-0.2, 0) is 7.05 Å². The Hall–Kier alpha value is -1.71. The van der Waals surface area contributed by atoms with E-state index < -0.39 is 0 Å². The highest BCUT2D eigenvalue weighted by molar-refractivity contribution is 5.95. The standard InChI is InChI=1S/C10H11N3O/c1-6-4-7(2)11-10-9(6)8(5-14)12-13(10)3/h4-5H,1-3H3. The van der Waals surface area contributed by atoms with Gasteiger partial charge < -0.3 is 0 Å². The summed E-state index contributed by atoms with van der Waals surface area (Å²) in [5.74, 6) is 0. The zero-order valence-electron chi connectivity index (χ0n) is 8.40. The number of fused-ring (bicyclic) bond motifs is 1. The van der Waals surface area contributed by atoms with Crippen molar-refractivity contribution in [2.75, 3.05) is 0 Å². The summed E-state index contributed by atoms with van der Waals surface area (Å²) in [4.78, 5) is 15.1. The van der Waals surface area contributed by atoms with Crippen molar-refractivity contribution >= 4 is 17.3 Å². The predicted molar refractivity (Wildman–Crippen MR) is 53.4 cm³/mol. The van der Waals surface area contributed by atoms with E-state index in [0.717, 1.165) is 28.6 Å². The first-order valence-electron chi connectivity index (χ1n) is 4.39. The highest BCUT2D eigenvalue weighted by Crippen LogP contribution is 2.19. The molecule has 2 rings (SSSR count). The molecule has 0 atom stereocenters. The number of hydrogen-bond donors (Lipinski definition) is 0. The highest BCUT2D eigenvalue weighted by atomic mass is 16.1. The molecule has 0 aliphatic rings. The summed E-state index contributed by atoms with van der Waals surface area (Å²) in [6.07, 6.45) is 0.770. The minimum absolute atomic E-state index is 0.465. The van der Waals surface area contributed by atoms with E-state index in [1.807, 2.05) is 19.9 Å². The molecular weight excluding hydrogens is 178 g/mol. The van der Waals surface area contributed by atoms with Gasteiger partial charge in [-0.1, -0.05) is 0 Å². The summed E-state index contributed by atoms with van der Waals surface area (Å²) in [6.45, 7) is 3.89. The van der Waals surface area contributed by atoms with E-state index >= 15 is 0 Å². The van der Waals surface area contributed by atoms with Crippen LogP contribution < -0.4 is 0 Å². The van der Waals surface area contributed by atoms with Crippen molar-refractivity contribution in [3.8, 4) is 0 Å². The number of rotatable bonds is 1. The van der Waals surface area contributed by atoms with E-state index in [2.05, 4.69) is 10.1 Å². The van der Waals surface area contributed by atoms with Crippen LogP contribution in [0.25, 0.3) is 11.0 Å². The van der Waals surface area contributed by atoms with Crippen molar-refractivity contribution in [2.24, 2.45) is 7.05 Å². The Balaban J connectivity index is 2.96. The van der Waals surface area contributed by atoms with Crippen LogP contribution in [0, 0.1) is 13.8 Å². The number of hydrogen-bond acceptors (Lipinski definition) is 3. The molecule has 0 amide bonds. The smallest absolute Gasteiger partial charge is 0.171 e. The van der Waals surface area contributed by atoms with E-state index in [9.17, 15) is 4.79 Å². The van der Waals surface area contributed by atoms with Crippen LogP contribution >= 0.6 is 0 Å². The van der Waals surface area contributed by atoms with Gasteiger partial charge in [-0.05, 0) is 25.5 Å². The van der Waals surface area contributed by atoms with E-state index in [-0.39, 0.29) is 0 Å².